The van der Waals surface area contributed by atoms with Gasteiger partial charge in [-0.15, -0.1) is 0 Å². The van der Waals surface area contributed by atoms with Crippen LogP contribution in [-0.4, -0.2) is 30.6 Å². The summed E-state index contributed by atoms with van der Waals surface area (Å²) in [4.78, 5) is 10.00. The van der Waals surface area contributed by atoms with Crippen LogP contribution in [0.1, 0.15) is 12.8 Å². The summed E-state index contributed by atoms with van der Waals surface area (Å²) in [5.41, 5.74) is 0. The van der Waals surface area contributed by atoms with Crippen molar-refractivity contribution in [2.24, 2.45) is 0 Å². The van der Waals surface area contributed by atoms with E-state index in [-0.39, 0.29) is 6.42 Å². The number of hydrogen-bond donors (Lipinski definition) is 1. The zero-order valence-electron chi connectivity index (χ0n) is 6.33. The lowest BCUT2D eigenvalue weighted by atomic mass is 10.3. The molecular formula is C6H13O3P. The van der Waals surface area contributed by atoms with E-state index in [1.54, 1.807) is 13.3 Å². The van der Waals surface area contributed by atoms with Crippen molar-refractivity contribution in [3.05, 3.63) is 0 Å². The summed E-state index contributed by atoms with van der Waals surface area (Å²) in [7, 11) is -1.99. The van der Waals surface area contributed by atoms with Gasteiger partial charge in [-0.3, -0.25) is 4.79 Å². The molecule has 0 rings (SSSR count). The molecule has 1 N–H and O–H groups in total. The van der Waals surface area contributed by atoms with Gasteiger partial charge < -0.3 is 9.67 Å². The van der Waals surface area contributed by atoms with Crippen LogP contribution in [0.4, 0.5) is 0 Å². The van der Waals surface area contributed by atoms with Crippen LogP contribution in [0.3, 0.4) is 0 Å². The Kier molecular flexibility index (Phi) is 3.66. The predicted molar refractivity (Wildman–Crippen MR) is 41.2 cm³/mol. The second-order valence-electron chi connectivity index (χ2n) is 2.79. The quantitative estimate of drug-likeness (QED) is 0.640. The van der Waals surface area contributed by atoms with Gasteiger partial charge in [0.25, 0.3) is 0 Å². The third-order valence-corrected chi connectivity index (χ3v) is 2.48. The highest BCUT2D eigenvalue weighted by Gasteiger charge is 2.07. The van der Waals surface area contributed by atoms with Crippen molar-refractivity contribution in [1.82, 2.24) is 0 Å². The van der Waals surface area contributed by atoms with E-state index in [1.807, 2.05) is 0 Å². The molecular weight excluding hydrogens is 151 g/mol. The fraction of sp³-hybridized carbons (Fsp3) is 0.833. The SMILES string of the molecule is CP(C)(=O)CCCC(=O)O. The zero-order valence-corrected chi connectivity index (χ0v) is 7.23. The van der Waals surface area contributed by atoms with Gasteiger partial charge in [0.2, 0.25) is 0 Å². The summed E-state index contributed by atoms with van der Waals surface area (Å²) < 4.78 is 11.0. The number of carboxylic acid groups (broad SMARTS) is 1. The molecule has 10 heavy (non-hydrogen) atoms. The maximum atomic E-state index is 11.0. The summed E-state index contributed by atoms with van der Waals surface area (Å²) in [5, 5.41) is 8.22. The maximum absolute atomic E-state index is 11.0. The van der Waals surface area contributed by atoms with Crippen LogP contribution in [0, 0.1) is 0 Å². The van der Waals surface area contributed by atoms with Crippen LogP contribution < -0.4 is 0 Å². The molecule has 0 unspecified atom stereocenters. The van der Waals surface area contributed by atoms with Crippen LogP contribution in [0.15, 0.2) is 0 Å². The molecule has 0 aromatic heterocycles. The lowest BCUT2D eigenvalue weighted by Gasteiger charge is -2.02. The molecule has 0 radical (unpaired) electrons. The predicted octanol–water partition coefficient (Wildman–Crippen LogP) is 1.47. The summed E-state index contributed by atoms with van der Waals surface area (Å²) in [6.07, 6.45) is 1.20. The third kappa shape index (κ3) is 7.70. The van der Waals surface area contributed by atoms with Crippen LogP contribution in [-0.2, 0) is 9.36 Å². The molecule has 0 saturated carbocycles. The first-order chi connectivity index (χ1) is 4.42. The first kappa shape index (κ1) is 9.70. The fourth-order valence-electron chi connectivity index (χ4n) is 0.611. The lowest BCUT2D eigenvalue weighted by molar-refractivity contribution is -0.137. The van der Waals surface area contributed by atoms with Gasteiger partial charge in [0.1, 0.15) is 0 Å². The third-order valence-electron chi connectivity index (χ3n) is 1.09. The van der Waals surface area contributed by atoms with E-state index >= 15 is 0 Å². The number of carboxylic acids is 1. The van der Waals surface area contributed by atoms with Crippen molar-refractivity contribution in [1.29, 1.82) is 0 Å². The van der Waals surface area contributed by atoms with Gasteiger partial charge >= 0.3 is 5.97 Å². The van der Waals surface area contributed by atoms with Gasteiger partial charge in [0.05, 0.1) is 7.14 Å². The highest BCUT2D eigenvalue weighted by molar-refractivity contribution is 7.62. The number of aliphatic carboxylic acids is 1. The molecule has 0 aromatic carbocycles. The Morgan fingerprint density at radius 3 is 2.30 bits per heavy atom. The standard InChI is InChI=1S/C6H13O3P/c1-10(2,9)5-3-4-6(7)8/h3-5H2,1-2H3,(H,7,8). The Balaban J connectivity index is 3.39. The highest BCUT2D eigenvalue weighted by atomic mass is 31.2. The average molecular weight is 164 g/mol. The highest BCUT2D eigenvalue weighted by Crippen LogP contribution is 2.36. The Bertz CT molecular complexity index is 158. The zero-order chi connectivity index (χ0) is 8.20. The molecule has 4 heteroatoms. The van der Waals surface area contributed by atoms with Gasteiger partial charge in [0, 0.05) is 12.6 Å². The number of carbonyl (C=O) groups is 1. The average Bonchev–Trinajstić information content (AvgIpc) is 1.59. The summed E-state index contributed by atoms with van der Waals surface area (Å²) in [6.45, 7) is 3.35. The van der Waals surface area contributed by atoms with E-state index in [4.69, 9.17) is 5.11 Å². The smallest absolute Gasteiger partial charge is 0.303 e. The largest absolute Gasteiger partial charge is 0.481 e. The van der Waals surface area contributed by atoms with Gasteiger partial charge in [-0.25, -0.2) is 0 Å². The van der Waals surface area contributed by atoms with Crippen LogP contribution >= 0.6 is 7.14 Å². The number of hydrogen-bond acceptors (Lipinski definition) is 2. The van der Waals surface area contributed by atoms with Gasteiger partial charge in [0.15, 0.2) is 0 Å². The van der Waals surface area contributed by atoms with Crippen LogP contribution in [0.2, 0.25) is 0 Å². The second-order valence-corrected chi connectivity index (χ2v) is 6.39. The molecule has 3 nitrogen and oxygen atoms in total. The summed E-state index contributed by atoms with van der Waals surface area (Å²) in [6, 6.07) is 0. The van der Waals surface area contributed by atoms with Crippen molar-refractivity contribution >= 4 is 13.1 Å². The molecule has 0 bridgehead atoms. The molecule has 0 saturated heterocycles. The Morgan fingerprint density at radius 2 is 2.00 bits per heavy atom. The van der Waals surface area contributed by atoms with Gasteiger partial charge in [-0.2, -0.15) is 0 Å². The molecule has 0 fully saturated rings. The lowest BCUT2D eigenvalue weighted by Crippen LogP contribution is -1.96. The second kappa shape index (κ2) is 3.77. The molecule has 0 aliphatic heterocycles. The van der Waals surface area contributed by atoms with Crippen molar-refractivity contribution in [3.8, 4) is 0 Å². The van der Waals surface area contributed by atoms with Crippen molar-refractivity contribution < 1.29 is 14.5 Å². The Labute approximate surface area is 60.8 Å². The monoisotopic (exact) mass is 164 g/mol. The van der Waals surface area contributed by atoms with E-state index in [1.165, 1.54) is 0 Å². The van der Waals surface area contributed by atoms with E-state index < -0.39 is 13.1 Å². The molecule has 0 amide bonds. The first-order valence-electron chi connectivity index (χ1n) is 3.17. The number of rotatable bonds is 4. The van der Waals surface area contributed by atoms with E-state index in [2.05, 4.69) is 0 Å². The van der Waals surface area contributed by atoms with Gasteiger partial charge in [-0.05, 0) is 19.8 Å². The molecule has 0 aliphatic rings. The van der Waals surface area contributed by atoms with E-state index in [0.717, 1.165) is 0 Å². The summed E-state index contributed by atoms with van der Waals surface area (Å²) >= 11 is 0. The molecule has 0 atom stereocenters. The van der Waals surface area contributed by atoms with Crippen molar-refractivity contribution in [3.63, 3.8) is 0 Å². The minimum absolute atomic E-state index is 0.131. The summed E-state index contributed by atoms with van der Waals surface area (Å²) in [5.74, 6) is -0.812. The van der Waals surface area contributed by atoms with Gasteiger partial charge in [-0.1, -0.05) is 0 Å². The fourth-order valence-corrected chi connectivity index (χ4v) is 1.53. The maximum Gasteiger partial charge on any atom is 0.303 e. The minimum atomic E-state index is -1.99. The van der Waals surface area contributed by atoms with Crippen LogP contribution in [0.5, 0.6) is 0 Å². The Morgan fingerprint density at radius 1 is 1.50 bits per heavy atom. The van der Waals surface area contributed by atoms with E-state index in [0.29, 0.717) is 12.6 Å². The molecule has 0 spiro atoms. The molecule has 0 heterocycles. The molecule has 60 valence electrons. The molecule has 0 aromatic rings. The van der Waals surface area contributed by atoms with Crippen molar-refractivity contribution in [2.75, 3.05) is 19.5 Å². The van der Waals surface area contributed by atoms with Crippen molar-refractivity contribution in [2.45, 2.75) is 12.8 Å². The minimum Gasteiger partial charge on any atom is -0.481 e. The van der Waals surface area contributed by atoms with E-state index in [9.17, 15) is 9.36 Å². The topological polar surface area (TPSA) is 54.4 Å². The normalized spacial score (nSPS) is 11.4. The first-order valence-corrected chi connectivity index (χ1v) is 5.96. The van der Waals surface area contributed by atoms with Crippen LogP contribution in [0.25, 0.3) is 0 Å². The molecule has 0 aliphatic carbocycles. The Hall–Kier alpha value is -0.300.